The molecule has 1 aromatic carbocycles. The first-order valence-electron chi connectivity index (χ1n) is 11.0. The van der Waals surface area contributed by atoms with E-state index in [1.807, 2.05) is 0 Å². The molecule has 0 bridgehead atoms. The Morgan fingerprint density at radius 1 is 1.03 bits per heavy atom. The molecule has 2 saturated heterocycles. The average molecular weight is 497 g/mol. The summed E-state index contributed by atoms with van der Waals surface area (Å²) in [6.45, 7) is 6.65. The van der Waals surface area contributed by atoms with E-state index in [2.05, 4.69) is 0 Å². The first kappa shape index (κ1) is 25.7. The lowest BCUT2D eigenvalue weighted by atomic mass is 9.89. The van der Waals surface area contributed by atoms with Crippen molar-refractivity contribution in [3.63, 3.8) is 0 Å². The number of carbonyl (C=O) groups is 3. The molecule has 11 nitrogen and oxygen atoms in total. The minimum absolute atomic E-state index is 0.0104. The van der Waals surface area contributed by atoms with Gasteiger partial charge >= 0.3 is 6.09 Å². The van der Waals surface area contributed by atoms with Crippen molar-refractivity contribution in [2.45, 2.75) is 44.8 Å². The summed E-state index contributed by atoms with van der Waals surface area (Å²) in [5.74, 6) is -0.798. The number of ether oxygens (including phenoxy) is 1. The van der Waals surface area contributed by atoms with E-state index in [1.165, 1.54) is 26.8 Å². The van der Waals surface area contributed by atoms with Gasteiger partial charge in [0.15, 0.2) is 0 Å². The SMILES string of the molecule is CC(C)(C)OC(=O)N1CCC(O)(C(=O)N2CCN(C(=O)c3ccc([N+](=O)[O-])cc3Cl)CC2)CC1. The van der Waals surface area contributed by atoms with Gasteiger partial charge in [-0.25, -0.2) is 4.79 Å². The second kappa shape index (κ2) is 9.75. The molecule has 12 heteroatoms. The molecule has 2 aliphatic rings. The number of likely N-dealkylation sites (tertiary alicyclic amines) is 1. The van der Waals surface area contributed by atoms with Crippen molar-refractivity contribution in [2.75, 3.05) is 39.3 Å². The van der Waals surface area contributed by atoms with Crippen molar-refractivity contribution < 1.29 is 29.2 Å². The fourth-order valence-electron chi connectivity index (χ4n) is 3.97. The highest BCUT2D eigenvalue weighted by Crippen LogP contribution is 2.28. The standard InChI is InChI=1S/C22H29ClN4O7/c1-21(2,3)34-20(30)26-8-6-22(31,7-9-26)19(29)25-12-10-24(11-13-25)18(28)16-5-4-15(27(32)33)14-17(16)23/h4-5,14,31H,6-13H2,1-3H3. The number of halogens is 1. The Bertz CT molecular complexity index is 978. The van der Waals surface area contributed by atoms with Crippen LogP contribution in [-0.4, -0.2) is 93.1 Å². The quantitative estimate of drug-likeness (QED) is 0.501. The molecule has 0 saturated carbocycles. The van der Waals surface area contributed by atoms with Crippen molar-refractivity contribution in [1.82, 2.24) is 14.7 Å². The summed E-state index contributed by atoms with van der Waals surface area (Å²) in [4.78, 5) is 52.9. The van der Waals surface area contributed by atoms with Gasteiger partial charge in [-0.05, 0) is 26.8 Å². The fraction of sp³-hybridized carbons (Fsp3) is 0.591. The Morgan fingerprint density at radius 2 is 1.59 bits per heavy atom. The second-order valence-corrected chi connectivity index (χ2v) is 9.91. The Kier molecular flexibility index (Phi) is 7.37. The summed E-state index contributed by atoms with van der Waals surface area (Å²) in [5, 5.41) is 21.8. The van der Waals surface area contributed by atoms with E-state index in [0.29, 0.717) is 0 Å². The minimum Gasteiger partial charge on any atom is -0.444 e. The minimum atomic E-state index is -1.58. The summed E-state index contributed by atoms with van der Waals surface area (Å²) in [6, 6.07) is 3.67. The molecule has 0 radical (unpaired) electrons. The predicted molar refractivity (Wildman–Crippen MR) is 123 cm³/mol. The number of nitrogens with zero attached hydrogens (tertiary/aromatic N) is 4. The maximum atomic E-state index is 13.0. The maximum absolute atomic E-state index is 13.0. The molecule has 1 N–H and O–H groups in total. The highest BCUT2D eigenvalue weighted by molar-refractivity contribution is 6.34. The topological polar surface area (TPSA) is 134 Å². The van der Waals surface area contributed by atoms with Gasteiger partial charge in [-0.15, -0.1) is 0 Å². The van der Waals surface area contributed by atoms with E-state index >= 15 is 0 Å². The van der Waals surface area contributed by atoms with Crippen LogP contribution in [0, 0.1) is 10.1 Å². The van der Waals surface area contributed by atoms with Crippen molar-refractivity contribution in [2.24, 2.45) is 0 Å². The van der Waals surface area contributed by atoms with E-state index in [1.54, 1.807) is 20.8 Å². The van der Waals surface area contributed by atoms with Gasteiger partial charge in [-0.2, -0.15) is 0 Å². The molecular formula is C22H29ClN4O7. The lowest BCUT2D eigenvalue weighted by molar-refractivity contribution is -0.384. The summed E-state index contributed by atoms with van der Waals surface area (Å²) >= 11 is 6.07. The molecular weight excluding hydrogens is 468 g/mol. The zero-order chi connectivity index (χ0) is 25.3. The van der Waals surface area contributed by atoms with Gasteiger partial charge in [-0.1, -0.05) is 11.6 Å². The number of rotatable bonds is 3. The van der Waals surface area contributed by atoms with Crippen LogP contribution in [0.15, 0.2) is 18.2 Å². The van der Waals surface area contributed by atoms with Crippen LogP contribution in [0.2, 0.25) is 5.02 Å². The number of nitro groups is 1. The molecule has 34 heavy (non-hydrogen) atoms. The van der Waals surface area contributed by atoms with Crippen molar-refractivity contribution in [1.29, 1.82) is 0 Å². The van der Waals surface area contributed by atoms with Crippen LogP contribution in [0.3, 0.4) is 0 Å². The van der Waals surface area contributed by atoms with Crippen LogP contribution in [0.4, 0.5) is 10.5 Å². The number of piperazine rings is 1. The molecule has 2 aliphatic heterocycles. The van der Waals surface area contributed by atoms with Crippen molar-refractivity contribution in [3.05, 3.63) is 38.9 Å². The van der Waals surface area contributed by atoms with E-state index in [9.17, 15) is 29.6 Å². The molecule has 0 spiro atoms. The number of non-ortho nitro benzene ring substituents is 1. The number of amides is 3. The Morgan fingerprint density at radius 3 is 2.09 bits per heavy atom. The highest BCUT2D eigenvalue weighted by Gasteiger charge is 2.44. The van der Waals surface area contributed by atoms with Crippen molar-refractivity contribution in [3.8, 4) is 0 Å². The summed E-state index contributed by atoms with van der Waals surface area (Å²) in [5.41, 5.74) is -2.26. The molecule has 2 heterocycles. The molecule has 1 aromatic rings. The summed E-state index contributed by atoms with van der Waals surface area (Å²) in [6.07, 6.45) is -0.273. The first-order valence-corrected chi connectivity index (χ1v) is 11.4. The zero-order valence-corrected chi connectivity index (χ0v) is 20.2. The monoisotopic (exact) mass is 496 g/mol. The van der Waals surface area contributed by atoms with E-state index in [4.69, 9.17) is 16.3 Å². The average Bonchev–Trinajstić information content (AvgIpc) is 2.77. The van der Waals surface area contributed by atoms with E-state index in [0.717, 1.165) is 6.07 Å². The third-order valence-electron chi connectivity index (χ3n) is 5.89. The molecule has 2 fully saturated rings. The smallest absolute Gasteiger partial charge is 0.410 e. The number of piperidine rings is 1. The van der Waals surface area contributed by atoms with Gasteiger partial charge in [0.25, 0.3) is 17.5 Å². The zero-order valence-electron chi connectivity index (χ0n) is 19.5. The number of aliphatic hydroxyl groups is 1. The van der Waals surface area contributed by atoms with Crippen LogP contribution in [0.25, 0.3) is 0 Å². The molecule has 3 rings (SSSR count). The van der Waals surface area contributed by atoms with Crippen LogP contribution in [-0.2, 0) is 9.53 Å². The normalized spacial score (nSPS) is 18.4. The molecule has 0 atom stereocenters. The van der Waals surface area contributed by atoms with E-state index < -0.39 is 28.1 Å². The summed E-state index contributed by atoms with van der Waals surface area (Å²) < 4.78 is 5.35. The number of hydrogen-bond donors (Lipinski definition) is 1. The van der Waals surface area contributed by atoms with Crippen LogP contribution in [0.5, 0.6) is 0 Å². The van der Waals surface area contributed by atoms with Crippen LogP contribution >= 0.6 is 11.6 Å². The van der Waals surface area contributed by atoms with Gasteiger partial charge in [0.2, 0.25) is 0 Å². The van der Waals surface area contributed by atoms with Gasteiger partial charge in [0.1, 0.15) is 11.2 Å². The van der Waals surface area contributed by atoms with Crippen LogP contribution in [0.1, 0.15) is 44.0 Å². The summed E-state index contributed by atoms with van der Waals surface area (Å²) in [7, 11) is 0. The van der Waals surface area contributed by atoms with Crippen LogP contribution < -0.4 is 0 Å². The van der Waals surface area contributed by atoms with Crippen molar-refractivity contribution >= 4 is 35.2 Å². The van der Waals surface area contributed by atoms with Gasteiger partial charge in [-0.3, -0.25) is 19.7 Å². The Hall–Kier alpha value is -2.92. The maximum Gasteiger partial charge on any atom is 0.410 e. The number of hydrogen-bond acceptors (Lipinski definition) is 7. The molecule has 3 amide bonds. The van der Waals surface area contributed by atoms with Gasteiger partial charge < -0.3 is 24.5 Å². The predicted octanol–water partition coefficient (Wildman–Crippen LogP) is 2.29. The fourth-order valence-corrected chi connectivity index (χ4v) is 4.22. The molecule has 186 valence electrons. The third-order valence-corrected chi connectivity index (χ3v) is 6.20. The van der Waals surface area contributed by atoms with Gasteiger partial charge in [0.05, 0.1) is 15.5 Å². The largest absolute Gasteiger partial charge is 0.444 e. The number of benzene rings is 1. The first-order chi connectivity index (χ1) is 15.8. The Labute approximate surface area is 202 Å². The molecule has 0 unspecified atom stereocenters. The van der Waals surface area contributed by atoms with E-state index in [-0.39, 0.29) is 74.3 Å². The lowest BCUT2D eigenvalue weighted by Crippen LogP contribution is -2.59. The number of carbonyl (C=O) groups excluding carboxylic acids is 3. The number of nitro benzene ring substituents is 1. The third kappa shape index (κ3) is 5.76. The second-order valence-electron chi connectivity index (χ2n) is 9.50. The Balaban J connectivity index is 1.55. The molecule has 0 aliphatic carbocycles. The lowest BCUT2D eigenvalue weighted by Gasteiger charge is -2.42. The highest BCUT2D eigenvalue weighted by atomic mass is 35.5. The molecule has 0 aromatic heterocycles. The van der Waals surface area contributed by atoms with Gasteiger partial charge in [0, 0.05) is 64.2 Å².